The zero-order valence-corrected chi connectivity index (χ0v) is 12.7. The van der Waals surface area contributed by atoms with Gasteiger partial charge in [-0.15, -0.1) is 0 Å². The number of amides is 2. The summed E-state index contributed by atoms with van der Waals surface area (Å²) < 4.78 is 0. The van der Waals surface area contributed by atoms with Crippen LogP contribution in [-0.2, 0) is 9.59 Å². The van der Waals surface area contributed by atoms with Crippen molar-refractivity contribution in [1.82, 2.24) is 10.6 Å². The number of nitrogens with two attached hydrogens (primary N) is 1. The van der Waals surface area contributed by atoms with Crippen molar-refractivity contribution in [2.75, 3.05) is 13.1 Å². The molecule has 19 heavy (non-hydrogen) atoms. The highest BCUT2D eigenvalue weighted by Gasteiger charge is 2.35. The van der Waals surface area contributed by atoms with Crippen LogP contribution in [0.3, 0.4) is 0 Å². The average molecular weight is 271 g/mol. The molecule has 0 aliphatic carbocycles. The van der Waals surface area contributed by atoms with E-state index in [2.05, 4.69) is 10.6 Å². The van der Waals surface area contributed by atoms with E-state index in [0.717, 1.165) is 25.7 Å². The van der Waals surface area contributed by atoms with E-state index in [9.17, 15) is 9.59 Å². The molecule has 4 N–H and O–H groups in total. The van der Waals surface area contributed by atoms with Crippen LogP contribution >= 0.6 is 0 Å². The van der Waals surface area contributed by atoms with Crippen LogP contribution < -0.4 is 16.4 Å². The summed E-state index contributed by atoms with van der Waals surface area (Å²) in [6.07, 6.45) is 3.33. The Morgan fingerprint density at radius 2 is 1.68 bits per heavy atom. The Balaban J connectivity index is 4.51. The van der Waals surface area contributed by atoms with Crippen molar-refractivity contribution in [3.63, 3.8) is 0 Å². The van der Waals surface area contributed by atoms with E-state index in [1.54, 1.807) is 0 Å². The molecular formula is C14H29N3O2. The molecule has 0 aliphatic rings. The van der Waals surface area contributed by atoms with Crippen molar-refractivity contribution < 1.29 is 9.59 Å². The molecule has 0 saturated heterocycles. The number of nitrogens with one attached hydrogen (secondary N) is 2. The Bertz CT molecular complexity index is 284. The monoisotopic (exact) mass is 271 g/mol. The first-order valence-electron chi connectivity index (χ1n) is 7.19. The highest BCUT2D eigenvalue weighted by atomic mass is 16.2. The lowest BCUT2D eigenvalue weighted by Gasteiger charge is -2.30. The molecule has 0 saturated carbocycles. The van der Waals surface area contributed by atoms with E-state index in [0.29, 0.717) is 6.54 Å². The third kappa shape index (κ3) is 6.05. The van der Waals surface area contributed by atoms with Gasteiger partial charge < -0.3 is 16.4 Å². The number of carbonyl (C=O) groups is 2. The van der Waals surface area contributed by atoms with Crippen LogP contribution in [0.5, 0.6) is 0 Å². The van der Waals surface area contributed by atoms with E-state index in [1.165, 1.54) is 0 Å². The fraction of sp³-hybridized carbons (Fsp3) is 0.857. The second-order valence-corrected chi connectivity index (χ2v) is 5.39. The molecule has 0 aromatic carbocycles. The number of hydrogen-bond acceptors (Lipinski definition) is 3. The Hall–Kier alpha value is -1.10. The summed E-state index contributed by atoms with van der Waals surface area (Å²) in [5.41, 5.74) is 5.28. The fourth-order valence-corrected chi connectivity index (χ4v) is 2.33. The van der Waals surface area contributed by atoms with Crippen molar-refractivity contribution in [1.29, 1.82) is 0 Å². The van der Waals surface area contributed by atoms with Crippen LogP contribution in [0.15, 0.2) is 0 Å². The smallest absolute Gasteiger partial charge is 0.239 e. The van der Waals surface area contributed by atoms with E-state index >= 15 is 0 Å². The summed E-state index contributed by atoms with van der Waals surface area (Å²) in [4.78, 5) is 23.8. The van der Waals surface area contributed by atoms with Gasteiger partial charge in [0.05, 0.1) is 12.0 Å². The molecule has 0 atom stereocenters. The molecule has 0 radical (unpaired) electrons. The first-order valence-corrected chi connectivity index (χ1v) is 7.19. The van der Waals surface area contributed by atoms with Gasteiger partial charge in [0.15, 0.2) is 0 Å². The minimum atomic E-state index is -0.526. The number of rotatable bonds is 9. The van der Waals surface area contributed by atoms with Crippen LogP contribution in [0.1, 0.15) is 53.4 Å². The molecule has 0 unspecified atom stereocenters. The Kier molecular flexibility index (Phi) is 8.39. The highest BCUT2D eigenvalue weighted by Crippen LogP contribution is 2.28. The molecule has 112 valence electrons. The summed E-state index contributed by atoms with van der Waals surface area (Å²) in [6, 6.07) is 0.0787. The maximum atomic E-state index is 12.3. The molecule has 0 rings (SSSR count). The zero-order chi connectivity index (χ0) is 14.9. The topological polar surface area (TPSA) is 84.2 Å². The van der Waals surface area contributed by atoms with Crippen LogP contribution in [0, 0.1) is 5.41 Å². The predicted octanol–water partition coefficient (Wildman–Crippen LogP) is 1.17. The molecule has 2 amide bonds. The summed E-state index contributed by atoms with van der Waals surface area (Å²) in [5.74, 6) is -0.264. The highest BCUT2D eigenvalue weighted by molar-refractivity contribution is 5.88. The molecule has 0 fully saturated rings. The Labute approximate surface area is 116 Å². The number of hydrogen-bond donors (Lipinski definition) is 3. The third-order valence-corrected chi connectivity index (χ3v) is 3.19. The van der Waals surface area contributed by atoms with Gasteiger partial charge in [0.1, 0.15) is 0 Å². The van der Waals surface area contributed by atoms with Crippen molar-refractivity contribution in [2.24, 2.45) is 11.1 Å². The predicted molar refractivity (Wildman–Crippen MR) is 77.6 cm³/mol. The number of carbonyl (C=O) groups excluding carboxylic acids is 2. The standard InChI is InChI=1S/C14H29N3O2/c1-5-7-14(10-15,8-6-2)13(19)16-9-12(18)17-11(3)4/h11H,5-10,15H2,1-4H3,(H,16,19)(H,17,18). The molecule has 0 bridgehead atoms. The van der Waals surface area contributed by atoms with Gasteiger partial charge in [0.25, 0.3) is 0 Å². The van der Waals surface area contributed by atoms with Crippen molar-refractivity contribution in [2.45, 2.75) is 59.4 Å². The van der Waals surface area contributed by atoms with E-state index in [-0.39, 0.29) is 24.4 Å². The normalized spacial score (nSPS) is 11.5. The van der Waals surface area contributed by atoms with Gasteiger partial charge in [0, 0.05) is 12.6 Å². The van der Waals surface area contributed by atoms with Crippen molar-refractivity contribution in [3.8, 4) is 0 Å². The second kappa shape index (κ2) is 8.91. The molecule has 5 heteroatoms. The van der Waals surface area contributed by atoms with Gasteiger partial charge in [0.2, 0.25) is 11.8 Å². The largest absolute Gasteiger partial charge is 0.352 e. The van der Waals surface area contributed by atoms with Crippen LogP contribution in [0.4, 0.5) is 0 Å². The van der Waals surface area contributed by atoms with Crippen LogP contribution in [-0.4, -0.2) is 30.9 Å². The molecule has 0 aromatic heterocycles. The quantitative estimate of drug-likeness (QED) is 0.588. The van der Waals surface area contributed by atoms with E-state index < -0.39 is 5.41 Å². The first-order chi connectivity index (χ1) is 8.91. The van der Waals surface area contributed by atoms with Crippen LogP contribution in [0.2, 0.25) is 0 Å². The summed E-state index contributed by atoms with van der Waals surface area (Å²) in [7, 11) is 0. The Morgan fingerprint density at radius 1 is 1.16 bits per heavy atom. The van der Waals surface area contributed by atoms with Gasteiger partial charge in [-0.1, -0.05) is 26.7 Å². The lowest BCUT2D eigenvalue weighted by atomic mass is 9.78. The first kappa shape index (κ1) is 17.9. The van der Waals surface area contributed by atoms with Gasteiger partial charge in [-0.2, -0.15) is 0 Å². The molecule has 0 heterocycles. The maximum Gasteiger partial charge on any atom is 0.239 e. The molecule has 5 nitrogen and oxygen atoms in total. The lowest BCUT2D eigenvalue weighted by molar-refractivity contribution is -0.133. The lowest BCUT2D eigenvalue weighted by Crippen LogP contribution is -2.49. The average Bonchev–Trinajstić information content (AvgIpc) is 2.34. The van der Waals surface area contributed by atoms with E-state index in [1.807, 2.05) is 27.7 Å². The third-order valence-electron chi connectivity index (χ3n) is 3.19. The van der Waals surface area contributed by atoms with E-state index in [4.69, 9.17) is 5.73 Å². The maximum absolute atomic E-state index is 12.3. The molecule has 0 spiro atoms. The SMILES string of the molecule is CCCC(CN)(CCC)C(=O)NCC(=O)NC(C)C. The van der Waals surface area contributed by atoms with Crippen molar-refractivity contribution in [3.05, 3.63) is 0 Å². The van der Waals surface area contributed by atoms with Gasteiger partial charge in [-0.25, -0.2) is 0 Å². The zero-order valence-electron chi connectivity index (χ0n) is 12.7. The second-order valence-electron chi connectivity index (χ2n) is 5.39. The fourth-order valence-electron chi connectivity index (χ4n) is 2.33. The summed E-state index contributed by atoms with van der Waals surface area (Å²) in [5, 5.41) is 5.46. The minimum Gasteiger partial charge on any atom is -0.352 e. The van der Waals surface area contributed by atoms with Gasteiger partial charge in [-0.05, 0) is 26.7 Å². The van der Waals surface area contributed by atoms with Crippen LogP contribution in [0.25, 0.3) is 0 Å². The van der Waals surface area contributed by atoms with Crippen molar-refractivity contribution >= 4 is 11.8 Å². The molecule has 0 aliphatic heterocycles. The summed E-state index contributed by atoms with van der Waals surface area (Å²) in [6.45, 7) is 8.20. The van der Waals surface area contributed by atoms with Gasteiger partial charge >= 0.3 is 0 Å². The Morgan fingerprint density at radius 3 is 2.05 bits per heavy atom. The van der Waals surface area contributed by atoms with Gasteiger partial charge in [-0.3, -0.25) is 9.59 Å². The minimum absolute atomic E-state index is 0.0200. The molecule has 0 aromatic rings. The molecular weight excluding hydrogens is 242 g/mol. The summed E-state index contributed by atoms with van der Waals surface area (Å²) >= 11 is 0.